The van der Waals surface area contributed by atoms with Crippen molar-refractivity contribution in [2.75, 3.05) is 0 Å². The van der Waals surface area contributed by atoms with Gasteiger partial charge in [-0.15, -0.1) is 0 Å². The molecule has 0 nitrogen and oxygen atoms in total. The van der Waals surface area contributed by atoms with Gasteiger partial charge < -0.3 is 0 Å². The van der Waals surface area contributed by atoms with Gasteiger partial charge in [0.1, 0.15) is 0 Å². The van der Waals surface area contributed by atoms with Gasteiger partial charge in [-0.05, 0) is 56.5 Å². The third-order valence-corrected chi connectivity index (χ3v) is 7.16. The van der Waals surface area contributed by atoms with E-state index >= 15 is 0 Å². The lowest BCUT2D eigenvalue weighted by Crippen LogP contribution is -2.23. The minimum absolute atomic E-state index is 0.124. The highest BCUT2D eigenvalue weighted by molar-refractivity contribution is 5.92. The van der Waals surface area contributed by atoms with Gasteiger partial charge in [-0.3, -0.25) is 0 Å². The largest absolute Gasteiger partial charge is 0.0984 e. The summed E-state index contributed by atoms with van der Waals surface area (Å²) >= 11 is 0. The maximum absolute atomic E-state index is 8.70. The fourth-order valence-electron chi connectivity index (χ4n) is 5.37. The van der Waals surface area contributed by atoms with Gasteiger partial charge in [-0.2, -0.15) is 0 Å². The Morgan fingerprint density at radius 3 is 1.94 bits per heavy atom. The first kappa shape index (κ1) is 18.2. The van der Waals surface area contributed by atoms with Crippen LogP contribution in [0.15, 0.2) is 158 Å². The number of rotatable bonds is 7. The average molecular weight is 470 g/mol. The monoisotopic (exact) mass is 469 g/mol. The number of hydrogen-bond acceptors (Lipinski definition) is 0. The summed E-state index contributed by atoms with van der Waals surface area (Å²) in [6, 6.07) is 6.86. The van der Waals surface area contributed by atoms with Crippen LogP contribution < -0.4 is 0 Å². The third kappa shape index (κ3) is 4.32. The lowest BCUT2D eigenvalue weighted by Gasteiger charge is -2.37. The van der Waals surface area contributed by atoms with E-state index < -0.39 is 6.04 Å². The van der Waals surface area contributed by atoms with Gasteiger partial charge >= 0.3 is 0 Å². The second-order valence-electron chi connectivity index (χ2n) is 9.19. The van der Waals surface area contributed by atoms with Gasteiger partial charge in [0.25, 0.3) is 0 Å². The van der Waals surface area contributed by atoms with Crippen LogP contribution >= 0.6 is 0 Å². The maximum Gasteiger partial charge on any atom is 0.0629 e. The molecular formula is C36H32. The molecule has 3 aliphatic carbocycles. The first-order chi connectivity index (χ1) is 19.7. The Labute approximate surface area is 222 Å². The number of fused-ring (bicyclic) bond motifs is 1. The summed E-state index contributed by atoms with van der Waals surface area (Å²) in [7, 11) is 0. The zero-order valence-corrected chi connectivity index (χ0v) is 20.4. The van der Waals surface area contributed by atoms with Crippen molar-refractivity contribution in [2.24, 2.45) is 17.8 Å². The quantitative estimate of drug-likeness (QED) is 0.379. The molecule has 2 aromatic carbocycles. The molecule has 0 aliphatic heterocycles. The summed E-state index contributed by atoms with van der Waals surface area (Å²) in [6.45, 7) is 16.7. The fourth-order valence-corrected chi connectivity index (χ4v) is 5.37. The normalized spacial score (nSPS) is 24.5. The molecule has 0 bridgehead atoms. The van der Waals surface area contributed by atoms with Crippen LogP contribution in [0.25, 0.3) is 16.7 Å². The summed E-state index contributed by atoms with van der Waals surface area (Å²) in [5, 5.41) is 0. The number of hydrogen-bond donors (Lipinski definition) is 0. The molecule has 0 N–H and O–H groups in total. The van der Waals surface area contributed by atoms with Crippen molar-refractivity contribution in [2.45, 2.75) is 6.42 Å². The van der Waals surface area contributed by atoms with Gasteiger partial charge in [0.15, 0.2) is 0 Å². The molecule has 0 aromatic heterocycles. The number of benzene rings is 2. The summed E-state index contributed by atoms with van der Waals surface area (Å²) < 4.78 is 42.1. The third-order valence-electron chi connectivity index (χ3n) is 7.16. The highest BCUT2D eigenvalue weighted by atomic mass is 14.4. The fraction of sp³-hybridized carbons (Fsp3) is 0.111. The van der Waals surface area contributed by atoms with Crippen LogP contribution in [-0.2, 0) is 0 Å². The lowest BCUT2D eigenvalue weighted by molar-refractivity contribution is 0.689. The van der Waals surface area contributed by atoms with E-state index in [1.807, 2.05) is 36.5 Å². The summed E-state index contributed by atoms with van der Waals surface area (Å²) in [6.07, 6.45) is 20.6. The van der Waals surface area contributed by atoms with Gasteiger partial charge in [0, 0.05) is 17.8 Å². The zero-order valence-electron chi connectivity index (χ0n) is 25.4. The Balaban J connectivity index is 1.64. The minimum Gasteiger partial charge on any atom is -0.0984 e. The van der Waals surface area contributed by atoms with Crippen molar-refractivity contribution in [1.82, 2.24) is 0 Å². The smallest absolute Gasteiger partial charge is 0.0629 e. The topological polar surface area (TPSA) is 0 Å². The van der Waals surface area contributed by atoms with Crippen LogP contribution in [0, 0.1) is 17.8 Å². The predicted molar refractivity (Wildman–Crippen MR) is 157 cm³/mol. The van der Waals surface area contributed by atoms with Crippen LogP contribution in [0.3, 0.4) is 0 Å². The summed E-state index contributed by atoms with van der Waals surface area (Å²) in [5.41, 5.74) is 7.70. The Morgan fingerprint density at radius 1 is 0.778 bits per heavy atom. The van der Waals surface area contributed by atoms with E-state index in [9.17, 15) is 0 Å². The van der Waals surface area contributed by atoms with Crippen molar-refractivity contribution in [1.29, 1.82) is 0 Å². The van der Waals surface area contributed by atoms with E-state index in [4.69, 9.17) is 6.85 Å². The van der Waals surface area contributed by atoms with Crippen molar-refractivity contribution in [3.8, 4) is 0 Å². The number of allylic oxidation sites excluding steroid dienone is 16. The molecule has 0 saturated carbocycles. The van der Waals surface area contributed by atoms with Crippen molar-refractivity contribution >= 4 is 16.7 Å². The Hall–Kier alpha value is -4.16. The van der Waals surface area contributed by atoms with Crippen LogP contribution in [0.5, 0.6) is 0 Å². The zero-order chi connectivity index (χ0) is 29.4. The maximum atomic E-state index is 8.70. The van der Waals surface area contributed by atoms with Crippen molar-refractivity contribution in [3.05, 3.63) is 175 Å². The van der Waals surface area contributed by atoms with E-state index in [2.05, 4.69) is 62.7 Å². The van der Waals surface area contributed by atoms with Crippen LogP contribution in [0.1, 0.15) is 30.0 Å². The highest BCUT2D eigenvalue weighted by Crippen LogP contribution is 2.50. The van der Waals surface area contributed by atoms with E-state index in [-0.39, 0.29) is 47.5 Å². The molecule has 176 valence electrons. The molecule has 3 aliphatic rings. The van der Waals surface area contributed by atoms with E-state index in [0.717, 1.165) is 45.4 Å². The predicted octanol–water partition coefficient (Wildman–Crippen LogP) is 9.34. The molecule has 0 saturated heterocycles. The Morgan fingerprint density at radius 2 is 1.36 bits per heavy atom. The highest BCUT2D eigenvalue weighted by Gasteiger charge is 2.35. The first-order valence-corrected chi connectivity index (χ1v) is 12.2. The summed E-state index contributed by atoms with van der Waals surface area (Å²) in [4.78, 5) is 0. The Kier molecular flexibility index (Phi) is 5.15. The van der Waals surface area contributed by atoms with E-state index in [0.29, 0.717) is 5.57 Å². The van der Waals surface area contributed by atoms with Crippen molar-refractivity contribution in [3.63, 3.8) is 0 Å². The molecule has 5 rings (SSSR count). The molecule has 0 spiro atoms. The Bertz CT molecular complexity index is 1640. The molecule has 3 atom stereocenters. The molecule has 0 fully saturated rings. The standard InChI is InChI=1S/C36H32/c1-5-31-32(6-2)36(34-19-13-12-18-33(34)35(31)28-15-8-7-9-16-28)29-22-20-27(21-23-29)26(4)24-30-17-11-10-14-25(30)3/h5-23,30,33-34H,1-4,24H2/i7D,8D,9D,15D,16D. The van der Waals surface area contributed by atoms with Crippen LogP contribution in [-0.4, -0.2) is 0 Å². The molecule has 0 heteroatoms. The minimum atomic E-state index is -0.405. The van der Waals surface area contributed by atoms with Crippen LogP contribution in [0.4, 0.5) is 0 Å². The van der Waals surface area contributed by atoms with Gasteiger partial charge in [-0.1, -0.05) is 142 Å². The molecule has 36 heavy (non-hydrogen) atoms. The van der Waals surface area contributed by atoms with Crippen LogP contribution in [0.2, 0.25) is 0 Å². The second kappa shape index (κ2) is 10.2. The SMILES string of the molecule is [2H]c1c([2H])c([2H])c(C2=C(C=C)C(C=C)=C(c3ccc(C(=C)CC4C=CC=CC4=C)cc3)C3C=CC=CC23)c([2H])c1[2H]. The van der Waals surface area contributed by atoms with Gasteiger partial charge in [0.05, 0.1) is 6.85 Å². The van der Waals surface area contributed by atoms with Gasteiger partial charge in [-0.25, -0.2) is 0 Å². The molecular weight excluding hydrogens is 432 g/mol. The average Bonchev–Trinajstić information content (AvgIpc) is 2.99. The lowest BCUT2D eigenvalue weighted by atomic mass is 9.66. The second-order valence-corrected chi connectivity index (χ2v) is 9.19. The molecule has 0 amide bonds. The molecule has 0 heterocycles. The first-order valence-electron chi connectivity index (χ1n) is 14.7. The van der Waals surface area contributed by atoms with Crippen molar-refractivity contribution < 1.29 is 6.85 Å². The summed E-state index contributed by atoms with van der Waals surface area (Å²) in [5.74, 6) is -0.135. The van der Waals surface area contributed by atoms with E-state index in [1.165, 1.54) is 0 Å². The molecule has 2 aromatic rings. The van der Waals surface area contributed by atoms with Gasteiger partial charge in [0.2, 0.25) is 0 Å². The molecule has 0 radical (unpaired) electrons. The molecule has 3 unspecified atom stereocenters. The van der Waals surface area contributed by atoms with E-state index in [1.54, 1.807) is 12.2 Å².